The van der Waals surface area contributed by atoms with Crippen molar-refractivity contribution in [1.82, 2.24) is 9.97 Å². The van der Waals surface area contributed by atoms with Gasteiger partial charge in [0.05, 0.1) is 19.0 Å². The van der Waals surface area contributed by atoms with Crippen LogP contribution in [0.2, 0.25) is 0 Å². The van der Waals surface area contributed by atoms with Gasteiger partial charge in [-0.1, -0.05) is 55.9 Å². The molecule has 3 aromatic carbocycles. The largest absolute Gasteiger partial charge is 0.490 e. The van der Waals surface area contributed by atoms with Gasteiger partial charge in [-0.25, -0.2) is 18.7 Å². The second-order valence-corrected chi connectivity index (χ2v) is 8.13. The Bertz CT molecular complexity index is 1310. The van der Waals surface area contributed by atoms with Crippen molar-refractivity contribution in [3.05, 3.63) is 101 Å². The Morgan fingerprint density at radius 3 is 2.32 bits per heavy atom. The summed E-state index contributed by atoms with van der Waals surface area (Å²) in [6.07, 6.45) is 8.43. The fourth-order valence-electron chi connectivity index (χ4n) is 3.59. The molecule has 0 N–H and O–H groups in total. The van der Waals surface area contributed by atoms with Gasteiger partial charge in [-0.05, 0) is 54.1 Å². The van der Waals surface area contributed by atoms with Gasteiger partial charge in [0, 0.05) is 22.9 Å². The van der Waals surface area contributed by atoms with Crippen molar-refractivity contribution in [2.24, 2.45) is 0 Å². The Morgan fingerprint density at radius 2 is 1.56 bits per heavy atom. The Hall–Kier alpha value is -3.78. The lowest BCUT2D eigenvalue weighted by Crippen LogP contribution is -2.01. The van der Waals surface area contributed by atoms with Crippen LogP contribution >= 0.6 is 0 Å². The normalized spacial score (nSPS) is 10.7. The van der Waals surface area contributed by atoms with Gasteiger partial charge in [0.1, 0.15) is 5.82 Å². The molecule has 34 heavy (non-hydrogen) atoms. The summed E-state index contributed by atoms with van der Waals surface area (Å²) in [4.78, 5) is 8.80. The van der Waals surface area contributed by atoms with Gasteiger partial charge in [-0.3, -0.25) is 0 Å². The number of fused-ring (bicyclic) bond motifs is 1. The molecule has 0 aliphatic rings. The summed E-state index contributed by atoms with van der Waals surface area (Å²) in [6.45, 7) is 2.87. The van der Waals surface area contributed by atoms with Crippen molar-refractivity contribution in [3.63, 3.8) is 0 Å². The number of hydrogen-bond acceptors (Lipinski definition) is 3. The lowest BCUT2D eigenvalue weighted by atomic mass is 10.1. The number of unbranched alkanes of at least 4 members (excludes halogenated alkanes) is 2. The number of rotatable bonds is 8. The van der Waals surface area contributed by atoms with Crippen LogP contribution in [0.15, 0.2) is 67.0 Å². The Balaban J connectivity index is 1.32. The van der Waals surface area contributed by atoms with E-state index < -0.39 is 11.6 Å². The zero-order chi connectivity index (χ0) is 23.8. The van der Waals surface area contributed by atoms with Gasteiger partial charge in [-0.2, -0.15) is 0 Å². The predicted molar refractivity (Wildman–Crippen MR) is 131 cm³/mol. The minimum absolute atomic E-state index is 0.257. The van der Waals surface area contributed by atoms with E-state index in [1.807, 2.05) is 24.3 Å². The maximum absolute atomic E-state index is 13.9. The van der Waals surface area contributed by atoms with Crippen LogP contribution in [0.3, 0.4) is 0 Å². The van der Waals surface area contributed by atoms with Crippen molar-refractivity contribution in [2.75, 3.05) is 6.61 Å². The summed E-state index contributed by atoms with van der Waals surface area (Å²) in [5.41, 5.74) is 2.81. The SMILES string of the molecule is CCCCCOc1cnc(CCc2ccc(C#Cc3ccc4c(F)c(F)ccc4c3)cc2)nc1. The summed E-state index contributed by atoms with van der Waals surface area (Å²) in [6, 6.07) is 15.8. The highest BCUT2D eigenvalue weighted by Gasteiger charge is 2.06. The number of ether oxygens (including phenoxy) is 1. The van der Waals surface area contributed by atoms with Gasteiger partial charge in [-0.15, -0.1) is 0 Å². The fraction of sp³-hybridized carbons (Fsp3) is 0.241. The van der Waals surface area contributed by atoms with E-state index in [0.717, 1.165) is 48.7 Å². The molecule has 0 radical (unpaired) electrons. The summed E-state index contributed by atoms with van der Waals surface area (Å²) >= 11 is 0. The first-order valence-electron chi connectivity index (χ1n) is 11.5. The molecule has 0 fully saturated rings. The number of halogens is 2. The third-order valence-corrected chi connectivity index (χ3v) is 5.55. The molecule has 0 saturated heterocycles. The second-order valence-electron chi connectivity index (χ2n) is 8.13. The highest BCUT2D eigenvalue weighted by atomic mass is 19.2. The Morgan fingerprint density at radius 1 is 0.824 bits per heavy atom. The average molecular weight is 457 g/mol. The van der Waals surface area contributed by atoms with Crippen LogP contribution in [-0.2, 0) is 12.8 Å². The van der Waals surface area contributed by atoms with E-state index in [0.29, 0.717) is 17.7 Å². The standard InChI is InChI=1S/C29H26F2N2O/c1-2-3-4-17-34-25-19-32-28(33-20-25)16-12-22-7-5-21(6-8-22)9-10-23-11-14-26-24(18-23)13-15-27(30)29(26)31/h5-8,11,13-15,18-20H,2-4,12,16-17H2,1H3. The number of benzene rings is 3. The summed E-state index contributed by atoms with van der Waals surface area (Å²) < 4.78 is 32.9. The number of nitrogens with zero attached hydrogens (tertiary/aromatic N) is 2. The third-order valence-electron chi connectivity index (χ3n) is 5.55. The van der Waals surface area contributed by atoms with Crippen molar-refractivity contribution in [1.29, 1.82) is 0 Å². The summed E-state index contributed by atoms with van der Waals surface area (Å²) in [5, 5.41) is 0.882. The Kier molecular flexibility index (Phi) is 7.83. The summed E-state index contributed by atoms with van der Waals surface area (Å²) in [5.74, 6) is 6.05. The maximum atomic E-state index is 13.9. The minimum Gasteiger partial charge on any atom is -0.490 e. The van der Waals surface area contributed by atoms with E-state index in [1.54, 1.807) is 36.7 Å². The third kappa shape index (κ3) is 6.17. The number of hydrogen-bond donors (Lipinski definition) is 0. The first-order valence-corrected chi connectivity index (χ1v) is 11.5. The zero-order valence-corrected chi connectivity index (χ0v) is 19.2. The highest BCUT2D eigenvalue weighted by molar-refractivity contribution is 5.84. The molecule has 0 atom stereocenters. The first-order chi connectivity index (χ1) is 16.6. The lowest BCUT2D eigenvalue weighted by molar-refractivity contribution is 0.303. The van der Waals surface area contributed by atoms with Crippen LogP contribution in [0.5, 0.6) is 5.75 Å². The highest BCUT2D eigenvalue weighted by Crippen LogP contribution is 2.21. The molecule has 0 bridgehead atoms. The summed E-state index contributed by atoms with van der Waals surface area (Å²) in [7, 11) is 0. The number of aryl methyl sites for hydroxylation is 2. The van der Waals surface area contributed by atoms with Gasteiger partial charge >= 0.3 is 0 Å². The van der Waals surface area contributed by atoms with Crippen molar-refractivity contribution in [2.45, 2.75) is 39.0 Å². The van der Waals surface area contributed by atoms with Gasteiger partial charge in [0.25, 0.3) is 0 Å². The van der Waals surface area contributed by atoms with Crippen LogP contribution in [0.25, 0.3) is 10.8 Å². The molecule has 172 valence electrons. The molecule has 0 unspecified atom stereocenters. The van der Waals surface area contributed by atoms with E-state index in [1.165, 1.54) is 12.0 Å². The van der Waals surface area contributed by atoms with Crippen molar-refractivity contribution < 1.29 is 13.5 Å². The average Bonchev–Trinajstić information content (AvgIpc) is 2.87. The molecule has 0 aliphatic carbocycles. The zero-order valence-electron chi connectivity index (χ0n) is 19.2. The van der Waals surface area contributed by atoms with E-state index in [-0.39, 0.29) is 5.39 Å². The Labute approximate surface area is 198 Å². The molecule has 4 rings (SSSR count). The van der Waals surface area contributed by atoms with Crippen molar-refractivity contribution >= 4 is 10.8 Å². The van der Waals surface area contributed by atoms with Gasteiger partial charge < -0.3 is 4.74 Å². The van der Waals surface area contributed by atoms with Crippen LogP contribution in [0.4, 0.5) is 8.78 Å². The van der Waals surface area contributed by atoms with E-state index >= 15 is 0 Å². The molecule has 1 heterocycles. The van der Waals surface area contributed by atoms with Gasteiger partial charge in [0.2, 0.25) is 0 Å². The molecular formula is C29H26F2N2O. The quantitative estimate of drug-likeness (QED) is 0.220. The second kappa shape index (κ2) is 11.4. The van der Waals surface area contributed by atoms with E-state index in [2.05, 4.69) is 28.7 Å². The molecule has 4 aromatic rings. The maximum Gasteiger partial charge on any atom is 0.166 e. The molecule has 5 heteroatoms. The predicted octanol–water partition coefficient (Wildman–Crippen LogP) is 6.66. The van der Waals surface area contributed by atoms with E-state index in [9.17, 15) is 8.78 Å². The fourth-order valence-corrected chi connectivity index (χ4v) is 3.59. The molecule has 0 amide bonds. The lowest BCUT2D eigenvalue weighted by Gasteiger charge is -2.06. The van der Waals surface area contributed by atoms with Crippen molar-refractivity contribution in [3.8, 4) is 17.6 Å². The van der Waals surface area contributed by atoms with E-state index in [4.69, 9.17) is 4.74 Å². The molecule has 0 aliphatic heterocycles. The van der Waals surface area contributed by atoms with Crippen LogP contribution in [0.1, 0.15) is 48.7 Å². The topological polar surface area (TPSA) is 35.0 Å². The molecular weight excluding hydrogens is 430 g/mol. The van der Waals surface area contributed by atoms with Crippen LogP contribution < -0.4 is 4.74 Å². The minimum atomic E-state index is -0.846. The molecule has 0 spiro atoms. The van der Waals surface area contributed by atoms with Crippen LogP contribution in [0, 0.1) is 23.5 Å². The smallest absolute Gasteiger partial charge is 0.166 e. The first kappa shape index (κ1) is 23.4. The molecule has 0 saturated carbocycles. The van der Waals surface area contributed by atoms with Crippen LogP contribution in [-0.4, -0.2) is 16.6 Å². The van der Waals surface area contributed by atoms with Gasteiger partial charge in [0.15, 0.2) is 17.4 Å². The number of aromatic nitrogens is 2. The molecule has 1 aromatic heterocycles. The monoisotopic (exact) mass is 456 g/mol. The molecule has 3 nitrogen and oxygen atoms in total.